The number of carbonyl (C=O) groups excluding carboxylic acids is 2. The Bertz CT molecular complexity index is 585. The van der Waals surface area contributed by atoms with Crippen molar-refractivity contribution in [1.82, 2.24) is 10.2 Å². The number of benzene rings is 1. The molecule has 0 radical (unpaired) electrons. The van der Waals surface area contributed by atoms with Gasteiger partial charge in [0.15, 0.2) is 0 Å². The molecule has 21 heavy (non-hydrogen) atoms. The van der Waals surface area contributed by atoms with E-state index in [9.17, 15) is 9.59 Å². The van der Waals surface area contributed by atoms with Gasteiger partial charge in [0.2, 0.25) is 5.91 Å². The van der Waals surface area contributed by atoms with Crippen LogP contribution in [0.1, 0.15) is 28.4 Å². The topological polar surface area (TPSA) is 69.6 Å². The van der Waals surface area contributed by atoms with Gasteiger partial charge in [0.05, 0.1) is 12.1 Å². The zero-order valence-electron chi connectivity index (χ0n) is 12.6. The lowest BCUT2D eigenvalue weighted by atomic mass is 10.0. The molecule has 0 aliphatic heterocycles. The molecule has 0 spiro atoms. The highest BCUT2D eigenvalue weighted by Crippen LogP contribution is 2.10. The predicted molar refractivity (Wildman–Crippen MR) is 80.8 cm³/mol. The number of carbonyl (C=O) groups is 2. The number of hydrogen-bond donors (Lipinski definition) is 2. The van der Waals surface area contributed by atoms with Crippen molar-refractivity contribution in [2.24, 2.45) is 0 Å². The van der Waals surface area contributed by atoms with Gasteiger partial charge in [-0.3, -0.25) is 9.59 Å². The van der Waals surface area contributed by atoms with Crippen LogP contribution >= 0.6 is 0 Å². The average molecular weight is 288 g/mol. The minimum atomic E-state index is -0.348. The van der Waals surface area contributed by atoms with Gasteiger partial charge < -0.3 is 15.3 Å². The molecule has 2 N–H and O–H groups in total. The number of likely N-dealkylation sites (N-methyl/N-ethyl adjacent to an activating group) is 1. The molecule has 1 rings (SSSR count). The van der Waals surface area contributed by atoms with E-state index < -0.39 is 0 Å². The third kappa shape index (κ3) is 4.93. The molecule has 0 aliphatic rings. The second kappa shape index (κ2) is 8.08. The zero-order chi connectivity index (χ0) is 15.8. The van der Waals surface area contributed by atoms with Crippen LogP contribution in [0.15, 0.2) is 18.2 Å². The minimum Gasteiger partial charge on any atom is -0.384 e. The molecular formula is C16H20N2O3. The lowest BCUT2D eigenvalue weighted by Crippen LogP contribution is -2.38. The van der Waals surface area contributed by atoms with Crippen molar-refractivity contribution in [1.29, 1.82) is 0 Å². The van der Waals surface area contributed by atoms with Crippen molar-refractivity contribution < 1.29 is 14.7 Å². The lowest BCUT2D eigenvalue weighted by Gasteiger charge is -2.15. The second-order valence-corrected chi connectivity index (χ2v) is 4.60. The summed E-state index contributed by atoms with van der Waals surface area (Å²) in [5.41, 5.74) is 1.86. The van der Waals surface area contributed by atoms with E-state index in [1.165, 1.54) is 4.90 Å². The van der Waals surface area contributed by atoms with Crippen LogP contribution in [-0.2, 0) is 4.79 Å². The molecule has 5 nitrogen and oxygen atoms in total. The number of hydrogen-bond acceptors (Lipinski definition) is 3. The number of aliphatic hydroxyl groups excluding tert-OH is 1. The highest BCUT2D eigenvalue weighted by Gasteiger charge is 2.13. The Balaban J connectivity index is 2.86. The molecule has 1 aromatic rings. The maximum Gasteiger partial charge on any atom is 0.252 e. The van der Waals surface area contributed by atoms with Crippen LogP contribution < -0.4 is 5.32 Å². The summed E-state index contributed by atoms with van der Waals surface area (Å²) in [5, 5.41) is 11.3. The molecule has 5 heteroatoms. The van der Waals surface area contributed by atoms with Gasteiger partial charge in [-0.05, 0) is 26.0 Å². The van der Waals surface area contributed by atoms with Crippen LogP contribution in [0.3, 0.4) is 0 Å². The highest BCUT2D eigenvalue weighted by molar-refractivity contribution is 5.98. The fourth-order valence-corrected chi connectivity index (χ4v) is 1.65. The summed E-state index contributed by atoms with van der Waals surface area (Å²) in [6.07, 6.45) is 0. The number of aryl methyl sites for hydroxylation is 1. The molecule has 0 saturated heterocycles. The SMILES string of the molecule is CCN(C)C(=O)CNC(=O)c1cc(C)ccc1C#CCO. The smallest absolute Gasteiger partial charge is 0.252 e. The molecule has 0 unspecified atom stereocenters. The standard InChI is InChI=1S/C16H20N2O3/c1-4-18(3)15(20)11-17-16(21)14-10-12(2)7-8-13(14)6-5-9-19/h7-8,10,19H,4,9,11H2,1-3H3,(H,17,21). The molecule has 0 saturated carbocycles. The van der Waals surface area contributed by atoms with Crippen LogP contribution in [0.5, 0.6) is 0 Å². The molecule has 0 atom stereocenters. The monoisotopic (exact) mass is 288 g/mol. The average Bonchev–Trinajstić information content (AvgIpc) is 2.50. The molecule has 1 aromatic carbocycles. The molecule has 0 heterocycles. The zero-order valence-corrected chi connectivity index (χ0v) is 12.6. The van der Waals surface area contributed by atoms with E-state index in [0.29, 0.717) is 17.7 Å². The molecule has 0 aliphatic carbocycles. The first-order valence-corrected chi connectivity index (χ1v) is 6.72. The number of rotatable bonds is 4. The Kier molecular flexibility index (Phi) is 6.44. The van der Waals surface area contributed by atoms with Gasteiger partial charge >= 0.3 is 0 Å². The number of nitrogens with one attached hydrogen (secondary N) is 1. The van der Waals surface area contributed by atoms with Gasteiger partial charge in [-0.15, -0.1) is 0 Å². The Morgan fingerprint density at radius 1 is 1.38 bits per heavy atom. The summed E-state index contributed by atoms with van der Waals surface area (Å²) in [5.74, 6) is 4.76. The molecular weight excluding hydrogens is 268 g/mol. The van der Waals surface area contributed by atoms with Crippen molar-refractivity contribution in [3.63, 3.8) is 0 Å². The van der Waals surface area contributed by atoms with E-state index in [1.54, 1.807) is 19.2 Å². The van der Waals surface area contributed by atoms with Crippen LogP contribution in [0.25, 0.3) is 0 Å². The summed E-state index contributed by atoms with van der Waals surface area (Å²) in [4.78, 5) is 25.4. The van der Waals surface area contributed by atoms with Gasteiger partial charge in [-0.25, -0.2) is 0 Å². The quantitative estimate of drug-likeness (QED) is 0.795. The Labute approximate surface area is 125 Å². The number of amides is 2. The summed E-state index contributed by atoms with van der Waals surface area (Å²) in [6, 6.07) is 5.28. The molecule has 2 amide bonds. The fourth-order valence-electron chi connectivity index (χ4n) is 1.65. The Morgan fingerprint density at radius 3 is 2.71 bits per heavy atom. The predicted octanol–water partition coefficient (Wildman–Crippen LogP) is 0.547. The largest absolute Gasteiger partial charge is 0.384 e. The summed E-state index contributed by atoms with van der Waals surface area (Å²) < 4.78 is 0. The van der Waals surface area contributed by atoms with E-state index >= 15 is 0 Å². The fraction of sp³-hybridized carbons (Fsp3) is 0.375. The van der Waals surface area contributed by atoms with Crippen LogP contribution in [0, 0.1) is 18.8 Å². The van der Waals surface area contributed by atoms with Gasteiger partial charge in [-0.2, -0.15) is 0 Å². The summed E-state index contributed by atoms with van der Waals surface area (Å²) in [7, 11) is 1.68. The minimum absolute atomic E-state index is 0.0516. The normalized spacial score (nSPS) is 9.52. The number of aliphatic hydroxyl groups is 1. The van der Waals surface area contributed by atoms with Crippen molar-refractivity contribution in [3.8, 4) is 11.8 Å². The maximum absolute atomic E-state index is 12.2. The third-order valence-electron chi connectivity index (χ3n) is 3.02. The van der Waals surface area contributed by atoms with Crippen molar-refractivity contribution >= 4 is 11.8 Å². The van der Waals surface area contributed by atoms with Crippen LogP contribution in [0.2, 0.25) is 0 Å². The molecule has 0 aromatic heterocycles. The first-order valence-electron chi connectivity index (χ1n) is 6.72. The molecule has 0 fully saturated rings. The first kappa shape index (κ1) is 16.7. The first-order chi connectivity index (χ1) is 9.99. The molecule has 0 bridgehead atoms. The van der Waals surface area contributed by atoms with Gasteiger partial charge in [-0.1, -0.05) is 23.5 Å². The molecule has 112 valence electrons. The maximum atomic E-state index is 12.2. The van der Waals surface area contributed by atoms with Crippen molar-refractivity contribution in [3.05, 3.63) is 34.9 Å². The van der Waals surface area contributed by atoms with E-state index in [2.05, 4.69) is 17.2 Å². The summed E-state index contributed by atoms with van der Waals surface area (Å²) >= 11 is 0. The van der Waals surface area contributed by atoms with Gasteiger partial charge in [0.25, 0.3) is 5.91 Å². The number of nitrogens with zero attached hydrogens (tertiary/aromatic N) is 1. The van der Waals surface area contributed by atoms with Gasteiger partial charge in [0.1, 0.15) is 6.61 Å². The van der Waals surface area contributed by atoms with Crippen LogP contribution in [-0.4, -0.2) is 48.6 Å². The summed E-state index contributed by atoms with van der Waals surface area (Å²) in [6.45, 7) is 4.00. The van der Waals surface area contributed by atoms with E-state index in [4.69, 9.17) is 5.11 Å². The Hall–Kier alpha value is -2.32. The third-order valence-corrected chi connectivity index (χ3v) is 3.02. The van der Waals surface area contributed by atoms with Crippen molar-refractivity contribution in [2.45, 2.75) is 13.8 Å². The van der Waals surface area contributed by atoms with E-state index in [0.717, 1.165) is 5.56 Å². The second-order valence-electron chi connectivity index (χ2n) is 4.60. The highest BCUT2D eigenvalue weighted by atomic mass is 16.2. The van der Waals surface area contributed by atoms with Crippen LogP contribution in [0.4, 0.5) is 0 Å². The van der Waals surface area contributed by atoms with Gasteiger partial charge in [0, 0.05) is 19.2 Å². The Morgan fingerprint density at radius 2 is 2.10 bits per heavy atom. The van der Waals surface area contributed by atoms with E-state index in [1.807, 2.05) is 19.9 Å². The van der Waals surface area contributed by atoms with E-state index in [-0.39, 0.29) is 25.0 Å². The van der Waals surface area contributed by atoms with Crippen molar-refractivity contribution in [2.75, 3.05) is 26.7 Å². The lowest BCUT2D eigenvalue weighted by molar-refractivity contribution is -0.128.